The van der Waals surface area contributed by atoms with Gasteiger partial charge in [-0.15, -0.1) is 0 Å². The highest BCUT2D eigenvalue weighted by Crippen LogP contribution is 2.26. The van der Waals surface area contributed by atoms with Gasteiger partial charge in [-0.2, -0.15) is 0 Å². The topological polar surface area (TPSA) is 70.7 Å². The number of anilines is 1. The van der Waals surface area contributed by atoms with Crippen molar-refractivity contribution in [3.05, 3.63) is 58.1 Å². The molecule has 0 aromatic heterocycles. The Balaban J connectivity index is 2.00. The highest BCUT2D eigenvalue weighted by Gasteiger charge is 2.13. The van der Waals surface area contributed by atoms with Crippen molar-refractivity contribution in [2.45, 2.75) is 13.8 Å². The van der Waals surface area contributed by atoms with Crippen molar-refractivity contribution in [1.29, 1.82) is 0 Å². The molecular formula is C21H24BrN3O3S. The summed E-state index contributed by atoms with van der Waals surface area (Å²) < 4.78 is 6.39. The van der Waals surface area contributed by atoms with Crippen LogP contribution in [0.2, 0.25) is 0 Å². The Morgan fingerprint density at radius 1 is 1.14 bits per heavy atom. The molecule has 2 N–H and O–H groups in total. The predicted octanol–water partition coefficient (Wildman–Crippen LogP) is 4.31. The van der Waals surface area contributed by atoms with E-state index < -0.39 is 0 Å². The molecule has 0 spiro atoms. The number of nitrogens with zero attached hydrogens (tertiary/aromatic N) is 1. The van der Waals surface area contributed by atoms with Crippen LogP contribution in [0.1, 0.15) is 34.6 Å². The molecule has 0 saturated carbocycles. The van der Waals surface area contributed by atoms with Crippen LogP contribution in [-0.2, 0) is 0 Å². The van der Waals surface area contributed by atoms with Gasteiger partial charge in [0.05, 0.1) is 11.1 Å². The summed E-state index contributed by atoms with van der Waals surface area (Å²) >= 11 is 8.66. The van der Waals surface area contributed by atoms with Crippen LogP contribution >= 0.6 is 28.1 Å². The molecule has 0 radical (unpaired) electrons. The van der Waals surface area contributed by atoms with Gasteiger partial charge in [-0.05, 0) is 70.5 Å². The third-order valence-corrected chi connectivity index (χ3v) is 4.59. The Bertz CT molecular complexity index is 916. The quantitative estimate of drug-likeness (QED) is 0.606. The van der Waals surface area contributed by atoms with Crippen LogP contribution in [0.4, 0.5) is 5.69 Å². The number of carbonyl (C=O) groups excluding carboxylic acids is 2. The fraction of sp³-hybridized carbons (Fsp3) is 0.286. The molecule has 0 aliphatic heterocycles. The van der Waals surface area contributed by atoms with Crippen molar-refractivity contribution in [2.75, 3.05) is 26.0 Å². The molecular weight excluding hydrogens is 454 g/mol. The lowest BCUT2D eigenvalue weighted by Gasteiger charge is -2.14. The lowest BCUT2D eigenvalue weighted by Crippen LogP contribution is -2.34. The molecule has 0 bridgehead atoms. The van der Waals surface area contributed by atoms with Crippen molar-refractivity contribution in [1.82, 2.24) is 10.2 Å². The molecule has 154 valence electrons. The number of hydrogen-bond donors (Lipinski definition) is 2. The summed E-state index contributed by atoms with van der Waals surface area (Å²) in [4.78, 5) is 26.0. The van der Waals surface area contributed by atoms with Gasteiger partial charge in [-0.1, -0.05) is 19.9 Å². The molecule has 2 rings (SSSR count). The highest BCUT2D eigenvalue weighted by atomic mass is 79.9. The minimum absolute atomic E-state index is 0.117. The molecule has 0 atom stereocenters. The molecule has 0 fully saturated rings. The van der Waals surface area contributed by atoms with Crippen molar-refractivity contribution < 1.29 is 14.3 Å². The lowest BCUT2D eigenvalue weighted by atomic mass is 10.2. The number of benzene rings is 2. The van der Waals surface area contributed by atoms with E-state index in [0.29, 0.717) is 39.6 Å². The largest absolute Gasteiger partial charge is 0.492 e. The fourth-order valence-electron chi connectivity index (χ4n) is 2.34. The fourth-order valence-corrected chi connectivity index (χ4v) is 3.05. The lowest BCUT2D eigenvalue weighted by molar-refractivity contribution is 0.0827. The predicted molar refractivity (Wildman–Crippen MR) is 123 cm³/mol. The highest BCUT2D eigenvalue weighted by molar-refractivity contribution is 9.10. The molecule has 0 unspecified atom stereocenters. The van der Waals surface area contributed by atoms with Crippen LogP contribution in [0.15, 0.2) is 46.9 Å². The zero-order valence-corrected chi connectivity index (χ0v) is 19.2. The molecule has 2 amide bonds. The normalized spacial score (nSPS) is 10.4. The first-order valence-electron chi connectivity index (χ1n) is 9.03. The van der Waals surface area contributed by atoms with Gasteiger partial charge in [0.1, 0.15) is 5.75 Å². The molecule has 8 heteroatoms. The molecule has 0 aliphatic carbocycles. The zero-order valence-electron chi connectivity index (χ0n) is 16.8. The van der Waals surface area contributed by atoms with E-state index in [2.05, 4.69) is 40.4 Å². The van der Waals surface area contributed by atoms with Gasteiger partial charge in [0.2, 0.25) is 0 Å². The van der Waals surface area contributed by atoms with Crippen molar-refractivity contribution in [3.8, 4) is 5.75 Å². The Kier molecular flexibility index (Phi) is 8.16. The molecule has 0 aliphatic rings. The third kappa shape index (κ3) is 6.83. The Hall–Kier alpha value is -2.45. The van der Waals surface area contributed by atoms with E-state index in [4.69, 9.17) is 17.0 Å². The number of thiocarbonyl (C=S) groups is 1. The molecule has 2 aromatic carbocycles. The molecule has 0 heterocycles. The van der Waals surface area contributed by atoms with Crippen molar-refractivity contribution >= 4 is 50.8 Å². The zero-order chi connectivity index (χ0) is 21.6. The number of ether oxygens (including phenoxy) is 1. The summed E-state index contributed by atoms with van der Waals surface area (Å²) in [5, 5.41) is 5.70. The minimum Gasteiger partial charge on any atom is -0.492 e. The Morgan fingerprint density at radius 2 is 1.86 bits per heavy atom. The van der Waals surface area contributed by atoms with Gasteiger partial charge in [0.25, 0.3) is 11.8 Å². The SMILES string of the molecule is CC(C)COc1ccc(C(=O)NC(=S)Nc2cccc(C(=O)N(C)C)c2)cc1Br. The summed E-state index contributed by atoms with van der Waals surface area (Å²) in [6.45, 7) is 4.72. The molecule has 6 nitrogen and oxygen atoms in total. The van der Waals surface area contributed by atoms with Gasteiger partial charge in [-0.3, -0.25) is 14.9 Å². The van der Waals surface area contributed by atoms with Crippen LogP contribution in [0.3, 0.4) is 0 Å². The number of hydrogen-bond acceptors (Lipinski definition) is 4. The van der Waals surface area contributed by atoms with E-state index in [1.165, 1.54) is 4.90 Å². The van der Waals surface area contributed by atoms with Gasteiger partial charge in [0, 0.05) is 30.9 Å². The number of nitrogens with one attached hydrogen (secondary N) is 2. The molecule has 29 heavy (non-hydrogen) atoms. The molecule has 2 aromatic rings. The summed E-state index contributed by atoms with van der Waals surface area (Å²) in [5.41, 5.74) is 1.58. The van der Waals surface area contributed by atoms with Crippen molar-refractivity contribution in [3.63, 3.8) is 0 Å². The van der Waals surface area contributed by atoms with Gasteiger partial charge in [0.15, 0.2) is 5.11 Å². The average molecular weight is 478 g/mol. The van der Waals surface area contributed by atoms with E-state index >= 15 is 0 Å². The first-order valence-corrected chi connectivity index (χ1v) is 10.2. The first-order chi connectivity index (χ1) is 13.7. The summed E-state index contributed by atoms with van der Waals surface area (Å²) in [6.07, 6.45) is 0. The maximum atomic E-state index is 12.5. The smallest absolute Gasteiger partial charge is 0.257 e. The third-order valence-electron chi connectivity index (χ3n) is 3.77. The van der Waals surface area contributed by atoms with Crippen LogP contribution in [0, 0.1) is 5.92 Å². The number of amides is 2. The maximum Gasteiger partial charge on any atom is 0.257 e. The van der Waals surface area contributed by atoms with E-state index in [0.717, 1.165) is 0 Å². The van der Waals surface area contributed by atoms with E-state index in [1.54, 1.807) is 56.6 Å². The summed E-state index contributed by atoms with van der Waals surface area (Å²) in [5.74, 6) is 0.616. The van der Waals surface area contributed by atoms with Gasteiger partial charge < -0.3 is 15.0 Å². The second-order valence-electron chi connectivity index (χ2n) is 7.04. The monoisotopic (exact) mass is 477 g/mol. The summed E-state index contributed by atoms with van der Waals surface area (Å²) in [7, 11) is 3.37. The second-order valence-corrected chi connectivity index (χ2v) is 8.30. The van der Waals surface area contributed by atoms with Crippen molar-refractivity contribution in [2.24, 2.45) is 5.92 Å². The first kappa shape index (κ1) is 22.8. The Labute approximate surface area is 184 Å². The number of halogens is 1. The second kappa shape index (κ2) is 10.4. The van der Waals surface area contributed by atoms with Gasteiger partial charge >= 0.3 is 0 Å². The average Bonchev–Trinajstić information content (AvgIpc) is 2.66. The van der Waals surface area contributed by atoms with E-state index in [-0.39, 0.29) is 16.9 Å². The minimum atomic E-state index is -0.348. The number of carbonyl (C=O) groups is 2. The summed E-state index contributed by atoms with van der Waals surface area (Å²) in [6, 6.07) is 12.0. The standard InChI is InChI=1S/C21H24BrN3O3S/c1-13(2)12-28-18-9-8-14(11-17(18)22)19(26)24-21(29)23-16-7-5-6-15(10-16)20(27)25(3)4/h5-11,13H,12H2,1-4H3,(H2,23,24,26,29). The van der Waals surface area contributed by atoms with Crippen LogP contribution in [-0.4, -0.2) is 42.5 Å². The van der Waals surface area contributed by atoms with E-state index in [1.807, 2.05) is 0 Å². The number of rotatable bonds is 6. The maximum absolute atomic E-state index is 12.5. The molecule has 0 saturated heterocycles. The van der Waals surface area contributed by atoms with Gasteiger partial charge in [-0.25, -0.2) is 0 Å². The Morgan fingerprint density at radius 3 is 2.48 bits per heavy atom. The van der Waals surface area contributed by atoms with Crippen LogP contribution in [0.5, 0.6) is 5.75 Å². The van der Waals surface area contributed by atoms with Crippen LogP contribution in [0.25, 0.3) is 0 Å². The van der Waals surface area contributed by atoms with Crippen LogP contribution < -0.4 is 15.4 Å². The van der Waals surface area contributed by atoms with E-state index in [9.17, 15) is 9.59 Å².